The number of hydrogen-bond acceptors (Lipinski definition) is 3. The molecule has 0 aliphatic carbocycles. The molecule has 1 aliphatic heterocycles. The van der Waals surface area contributed by atoms with Gasteiger partial charge < -0.3 is 15.4 Å². The summed E-state index contributed by atoms with van der Waals surface area (Å²) in [6.07, 6.45) is 1.94. The van der Waals surface area contributed by atoms with Crippen molar-refractivity contribution in [2.75, 3.05) is 19.6 Å². The van der Waals surface area contributed by atoms with Crippen LogP contribution in [0.3, 0.4) is 0 Å². The molecule has 110 valence electrons. The minimum Gasteiger partial charge on any atom is -0.435 e. The van der Waals surface area contributed by atoms with Crippen LogP contribution in [0.5, 0.6) is 5.75 Å². The van der Waals surface area contributed by atoms with E-state index < -0.39 is 6.61 Å². The Hall–Kier alpha value is -1.69. The first-order chi connectivity index (χ1) is 9.60. The van der Waals surface area contributed by atoms with Gasteiger partial charge in [0.2, 0.25) is 0 Å². The monoisotopic (exact) mass is 284 g/mol. The van der Waals surface area contributed by atoms with E-state index >= 15 is 0 Å². The molecule has 0 saturated carbocycles. The molecule has 1 saturated heterocycles. The zero-order valence-electron chi connectivity index (χ0n) is 11.1. The molecule has 1 heterocycles. The molecular weight excluding hydrogens is 266 g/mol. The van der Waals surface area contributed by atoms with Gasteiger partial charge in [-0.15, -0.1) is 0 Å². The van der Waals surface area contributed by atoms with Crippen LogP contribution in [0, 0.1) is 5.92 Å². The Morgan fingerprint density at radius 3 is 3.00 bits per heavy atom. The molecule has 1 aromatic rings. The molecular formula is C14H18F2N2O2. The Labute approximate surface area is 116 Å². The van der Waals surface area contributed by atoms with Crippen LogP contribution in [0.25, 0.3) is 0 Å². The Balaban J connectivity index is 2.08. The van der Waals surface area contributed by atoms with Crippen LogP contribution in [0.15, 0.2) is 24.3 Å². The number of amides is 1. The maximum Gasteiger partial charge on any atom is 0.387 e. The third kappa shape index (κ3) is 3.66. The van der Waals surface area contributed by atoms with Gasteiger partial charge in [-0.1, -0.05) is 6.07 Å². The van der Waals surface area contributed by atoms with Crippen molar-refractivity contribution in [2.24, 2.45) is 11.7 Å². The quantitative estimate of drug-likeness (QED) is 0.921. The number of carbonyl (C=O) groups is 1. The summed E-state index contributed by atoms with van der Waals surface area (Å²) in [5.41, 5.74) is 6.00. The van der Waals surface area contributed by atoms with Crippen molar-refractivity contribution >= 4 is 5.91 Å². The van der Waals surface area contributed by atoms with Gasteiger partial charge >= 0.3 is 6.61 Å². The van der Waals surface area contributed by atoms with E-state index in [4.69, 9.17) is 5.73 Å². The van der Waals surface area contributed by atoms with Gasteiger partial charge in [0.05, 0.1) is 0 Å². The minimum atomic E-state index is -2.89. The Morgan fingerprint density at radius 1 is 1.50 bits per heavy atom. The largest absolute Gasteiger partial charge is 0.435 e. The molecule has 6 heteroatoms. The van der Waals surface area contributed by atoms with E-state index in [1.165, 1.54) is 18.2 Å². The summed E-state index contributed by atoms with van der Waals surface area (Å²) in [6.45, 7) is -1.04. The smallest absolute Gasteiger partial charge is 0.387 e. The van der Waals surface area contributed by atoms with Crippen LogP contribution in [0.2, 0.25) is 0 Å². The highest BCUT2D eigenvalue weighted by Gasteiger charge is 2.23. The van der Waals surface area contributed by atoms with E-state index in [1.807, 2.05) is 0 Å². The number of benzene rings is 1. The summed E-state index contributed by atoms with van der Waals surface area (Å²) in [4.78, 5) is 14.1. The first kappa shape index (κ1) is 14.7. The van der Waals surface area contributed by atoms with E-state index in [-0.39, 0.29) is 11.7 Å². The van der Waals surface area contributed by atoms with Crippen LogP contribution in [-0.2, 0) is 0 Å². The van der Waals surface area contributed by atoms with Crippen LogP contribution in [0.4, 0.5) is 8.78 Å². The molecule has 1 atom stereocenters. The van der Waals surface area contributed by atoms with Crippen LogP contribution in [-0.4, -0.2) is 37.1 Å². The number of likely N-dealkylation sites (tertiary alicyclic amines) is 1. The molecule has 1 unspecified atom stereocenters. The normalized spacial score (nSPS) is 19.2. The summed E-state index contributed by atoms with van der Waals surface area (Å²) in [5, 5.41) is 0. The molecule has 2 rings (SSSR count). The third-order valence-corrected chi connectivity index (χ3v) is 3.45. The Kier molecular flexibility index (Phi) is 4.89. The molecule has 4 nitrogen and oxygen atoms in total. The molecule has 1 fully saturated rings. The van der Waals surface area contributed by atoms with E-state index in [2.05, 4.69) is 4.74 Å². The van der Waals surface area contributed by atoms with Crippen molar-refractivity contribution in [2.45, 2.75) is 19.5 Å². The predicted molar refractivity (Wildman–Crippen MR) is 70.8 cm³/mol. The summed E-state index contributed by atoms with van der Waals surface area (Å²) in [6, 6.07) is 5.89. The van der Waals surface area contributed by atoms with Crippen LogP contribution >= 0.6 is 0 Å². The lowest BCUT2D eigenvalue weighted by atomic mass is 9.97. The zero-order chi connectivity index (χ0) is 14.5. The van der Waals surface area contributed by atoms with Crippen molar-refractivity contribution in [1.29, 1.82) is 0 Å². The third-order valence-electron chi connectivity index (χ3n) is 3.45. The number of nitrogens with zero attached hydrogens (tertiary/aromatic N) is 1. The molecule has 20 heavy (non-hydrogen) atoms. The molecule has 2 N–H and O–H groups in total. The van der Waals surface area contributed by atoms with Crippen LogP contribution < -0.4 is 10.5 Å². The molecule has 1 aromatic carbocycles. The molecule has 0 aromatic heterocycles. The zero-order valence-corrected chi connectivity index (χ0v) is 11.1. The van der Waals surface area contributed by atoms with Crippen molar-refractivity contribution in [3.05, 3.63) is 29.8 Å². The number of halogens is 2. The summed E-state index contributed by atoms with van der Waals surface area (Å²) in [5.74, 6) is 0.147. The van der Waals surface area contributed by atoms with E-state index in [1.54, 1.807) is 11.0 Å². The molecule has 0 bridgehead atoms. The van der Waals surface area contributed by atoms with Gasteiger partial charge in [0.1, 0.15) is 5.75 Å². The SMILES string of the molecule is NCC1CCCN(C(=O)c2cccc(OC(F)F)c2)C1. The topological polar surface area (TPSA) is 55.6 Å². The lowest BCUT2D eigenvalue weighted by molar-refractivity contribution is -0.0499. The molecule has 1 amide bonds. The first-order valence-electron chi connectivity index (χ1n) is 6.64. The lowest BCUT2D eigenvalue weighted by Gasteiger charge is -2.32. The van der Waals surface area contributed by atoms with Gasteiger partial charge in [0.15, 0.2) is 0 Å². The summed E-state index contributed by atoms with van der Waals surface area (Å²) in [7, 11) is 0. The first-order valence-corrected chi connectivity index (χ1v) is 6.64. The van der Waals surface area contributed by atoms with Gasteiger partial charge in [-0.25, -0.2) is 0 Å². The summed E-state index contributed by atoms with van der Waals surface area (Å²) >= 11 is 0. The van der Waals surface area contributed by atoms with Crippen molar-refractivity contribution in [1.82, 2.24) is 4.90 Å². The van der Waals surface area contributed by atoms with E-state index in [0.29, 0.717) is 31.1 Å². The number of carbonyl (C=O) groups excluding carboxylic acids is 1. The lowest BCUT2D eigenvalue weighted by Crippen LogP contribution is -2.42. The minimum absolute atomic E-state index is 0.00163. The van der Waals surface area contributed by atoms with Crippen molar-refractivity contribution in [3.8, 4) is 5.75 Å². The highest BCUT2D eigenvalue weighted by molar-refractivity contribution is 5.94. The number of rotatable bonds is 4. The van der Waals surface area contributed by atoms with Crippen LogP contribution in [0.1, 0.15) is 23.2 Å². The second kappa shape index (κ2) is 6.65. The molecule has 0 spiro atoms. The van der Waals surface area contributed by atoms with Crippen molar-refractivity contribution in [3.63, 3.8) is 0 Å². The average molecular weight is 284 g/mol. The highest BCUT2D eigenvalue weighted by Crippen LogP contribution is 2.21. The van der Waals surface area contributed by atoms with Gasteiger partial charge in [0.25, 0.3) is 5.91 Å². The van der Waals surface area contributed by atoms with Gasteiger partial charge in [0, 0.05) is 18.7 Å². The fraction of sp³-hybridized carbons (Fsp3) is 0.500. The van der Waals surface area contributed by atoms with Gasteiger partial charge in [-0.05, 0) is 43.5 Å². The molecule has 0 radical (unpaired) electrons. The number of alkyl halides is 2. The van der Waals surface area contributed by atoms with Gasteiger partial charge in [-0.2, -0.15) is 8.78 Å². The maximum atomic E-state index is 12.3. The second-order valence-electron chi connectivity index (χ2n) is 4.90. The Morgan fingerprint density at radius 2 is 2.30 bits per heavy atom. The maximum absolute atomic E-state index is 12.3. The highest BCUT2D eigenvalue weighted by atomic mass is 19.3. The number of hydrogen-bond donors (Lipinski definition) is 1. The second-order valence-corrected chi connectivity index (χ2v) is 4.90. The predicted octanol–water partition coefficient (Wildman–Crippen LogP) is 2.10. The molecule has 1 aliphatic rings. The number of ether oxygens (including phenoxy) is 1. The fourth-order valence-electron chi connectivity index (χ4n) is 2.43. The van der Waals surface area contributed by atoms with E-state index in [0.717, 1.165) is 12.8 Å². The van der Waals surface area contributed by atoms with Gasteiger partial charge in [-0.3, -0.25) is 4.79 Å². The summed E-state index contributed by atoms with van der Waals surface area (Å²) < 4.78 is 28.7. The fourth-order valence-corrected chi connectivity index (χ4v) is 2.43. The standard InChI is InChI=1S/C14H18F2N2O2/c15-14(16)20-12-5-1-4-11(7-12)13(19)18-6-2-3-10(8-17)9-18/h1,4-5,7,10,14H,2-3,6,8-9,17H2. The number of nitrogens with two attached hydrogens (primary N) is 1. The average Bonchev–Trinajstić information content (AvgIpc) is 2.46. The number of piperidine rings is 1. The van der Waals surface area contributed by atoms with Crippen molar-refractivity contribution < 1.29 is 18.3 Å². The Bertz CT molecular complexity index is 468. The van der Waals surface area contributed by atoms with E-state index in [9.17, 15) is 13.6 Å².